The van der Waals surface area contributed by atoms with Crippen molar-refractivity contribution < 1.29 is 0 Å². The van der Waals surface area contributed by atoms with E-state index in [0.29, 0.717) is 11.7 Å². The summed E-state index contributed by atoms with van der Waals surface area (Å²) in [6.45, 7) is 1.95. The van der Waals surface area contributed by atoms with Crippen LogP contribution in [0.25, 0.3) is 5.82 Å². The molecule has 0 saturated heterocycles. The quantitative estimate of drug-likeness (QED) is 0.610. The van der Waals surface area contributed by atoms with E-state index in [1.165, 1.54) is 0 Å². The molecule has 0 unspecified atom stereocenters. The van der Waals surface area contributed by atoms with E-state index in [1.807, 2.05) is 17.7 Å². The summed E-state index contributed by atoms with van der Waals surface area (Å²) in [6, 6.07) is 0. The van der Waals surface area contributed by atoms with Gasteiger partial charge in [-0.1, -0.05) is 0 Å². The summed E-state index contributed by atoms with van der Waals surface area (Å²) in [5.74, 6) is 8.38. The summed E-state index contributed by atoms with van der Waals surface area (Å²) in [6.07, 6.45) is 7.65. The number of imidazole rings is 1. The molecule has 0 radical (unpaired) electrons. The first-order valence-corrected chi connectivity index (χ1v) is 5.63. The van der Waals surface area contributed by atoms with Gasteiger partial charge in [0, 0.05) is 23.9 Å². The highest BCUT2D eigenvalue weighted by atomic mass is 15.3. The van der Waals surface area contributed by atoms with Crippen LogP contribution in [0.1, 0.15) is 30.1 Å². The zero-order valence-electron chi connectivity index (χ0n) is 9.59. The third-order valence-corrected chi connectivity index (χ3v) is 2.97. The van der Waals surface area contributed by atoms with Crippen LogP contribution < -0.4 is 11.3 Å². The molecule has 0 amide bonds. The predicted molar refractivity (Wildman–Crippen MR) is 63.7 cm³/mol. The standard InChI is InChI=1S/C11H14N6/c1-7-9(16-12)14-10(8-2-3-8)15-11(7)17-5-4-13-6-17/h4-6,8H,2-3,12H2,1H3,(H,14,15,16). The smallest absolute Gasteiger partial charge is 0.148 e. The van der Waals surface area contributed by atoms with Gasteiger partial charge in [0.05, 0.1) is 0 Å². The van der Waals surface area contributed by atoms with E-state index in [2.05, 4.69) is 20.4 Å². The van der Waals surface area contributed by atoms with E-state index in [-0.39, 0.29) is 0 Å². The zero-order valence-corrected chi connectivity index (χ0v) is 9.59. The van der Waals surface area contributed by atoms with E-state index in [4.69, 9.17) is 5.84 Å². The molecule has 2 aromatic rings. The van der Waals surface area contributed by atoms with Gasteiger partial charge in [-0.25, -0.2) is 20.8 Å². The monoisotopic (exact) mass is 230 g/mol. The van der Waals surface area contributed by atoms with Crippen molar-refractivity contribution in [1.29, 1.82) is 0 Å². The lowest BCUT2D eigenvalue weighted by molar-refractivity contribution is 0.866. The maximum atomic E-state index is 5.50. The molecular formula is C11H14N6. The Bertz CT molecular complexity index is 529. The molecule has 0 bridgehead atoms. The second-order valence-electron chi connectivity index (χ2n) is 4.27. The molecule has 6 heteroatoms. The lowest BCUT2D eigenvalue weighted by Gasteiger charge is -2.11. The van der Waals surface area contributed by atoms with Gasteiger partial charge in [-0.05, 0) is 19.8 Å². The summed E-state index contributed by atoms with van der Waals surface area (Å²) in [7, 11) is 0. The Morgan fingerprint density at radius 3 is 2.82 bits per heavy atom. The molecule has 0 spiro atoms. The van der Waals surface area contributed by atoms with Gasteiger partial charge in [-0.3, -0.25) is 4.57 Å². The van der Waals surface area contributed by atoms with E-state index in [0.717, 1.165) is 30.0 Å². The molecule has 1 saturated carbocycles. The number of hydrazine groups is 1. The van der Waals surface area contributed by atoms with Crippen molar-refractivity contribution in [2.24, 2.45) is 5.84 Å². The largest absolute Gasteiger partial charge is 0.308 e. The van der Waals surface area contributed by atoms with Crippen molar-refractivity contribution in [3.05, 3.63) is 30.1 Å². The minimum absolute atomic E-state index is 0.491. The van der Waals surface area contributed by atoms with Crippen molar-refractivity contribution >= 4 is 5.82 Å². The second kappa shape index (κ2) is 3.81. The molecular weight excluding hydrogens is 216 g/mol. The molecule has 2 heterocycles. The van der Waals surface area contributed by atoms with Crippen molar-refractivity contribution in [2.75, 3.05) is 5.43 Å². The van der Waals surface area contributed by atoms with Crippen molar-refractivity contribution in [3.63, 3.8) is 0 Å². The molecule has 1 aliphatic carbocycles. The van der Waals surface area contributed by atoms with Crippen LogP contribution in [0.15, 0.2) is 18.7 Å². The van der Waals surface area contributed by atoms with Gasteiger partial charge >= 0.3 is 0 Å². The van der Waals surface area contributed by atoms with E-state index in [9.17, 15) is 0 Å². The average molecular weight is 230 g/mol. The van der Waals surface area contributed by atoms with E-state index in [1.54, 1.807) is 12.5 Å². The number of rotatable bonds is 3. The van der Waals surface area contributed by atoms with Crippen LogP contribution in [0.3, 0.4) is 0 Å². The van der Waals surface area contributed by atoms with Crippen LogP contribution in [-0.4, -0.2) is 19.5 Å². The fraction of sp³-hybridized carbons (Fsp3) is 0.364. The highest BCUT2D eigenvalue weighted by molar-refractivity contribution is 5.51. The van der Waals surface area contributed by atoms with Crippen LogP contribution in [-0.2, 0) is 0 Å². The van der Waals surface area contributed by atoms with Crippen LogP contribution in [0, 0.1) is 6.92 Å². The van der Waals surface area contributed by atoms with Gasteiger partial charge in [0.1, 0.15) is 23.8 Å². The predicted octanol–water partition coefficient (Wildman–Crippen LogP) is 1.13. The Morgan fingerprint density at radius 2 is 2.24 bits per heavy atom. The van der Waals surface area contributed by atoms with Crippen LogP contribution in [0.5, 0.6) is 0 Å². The molecule has 1 aliphatic rings. The number of nitrogens with zero attached hydrogens (tertiary/aromatic N) is 4. The van der Waals surface area contributed by atoms with Crippen molar-refractivity contribution in [1.82, 2.24) is 19.5 Å². The summed E-state index contributed by atoms with van der Waals surface area (Å²) in [5, 5.41) is 0. The molecule has 0 aliphatic heterocycles. The Labute approximate surface area is 98.9 Å². The number of hydrogen-bond acceptors (Lipinski definition) is 5. The minimum Gasteiger partial charge on any atom is -0.308 e. The number of anilines is 1. The first-order chi connectivity index (χ1) is 8.29. The summed E-state index contributed by atoms with van der Waals surface area (Å²) < 4.78 is 1.88. The van der Waals surface area contributed by atoms with Crippen LogP contribution in [0.4, 0.5) is 5.82 Å². The Hall–Kier alpha value is -1.95. The van der Waals surface area contributed by atoms with Crippen molar-refractivity contribution in [3.8, 4) is 5.82 Å². The van der Waals surface area contributed by atoms with E-state index >= 15 is 0 Å². The number of hydrogen-bond donors (Lipinski definition) is 2. The maximum absolute atomic E-state index is 5.50. The highest BCUT2D eigenvalue weighted by Gasteiger charge is 2.28. The fourth-order valence-corrected chi connectivity index (χ4v) is 1.82. The Balaban J connectivity index is 2.15. The van der Waals surface area contributed by atoms with Gasteiger partial charge in [-0.2, -0.15) is 0 Å². The number of nitrogens with two attached hydrogens (primary N) is 1. The lowest BCUT2D eigenvalue weighted by Crippen LogP contribution is -2.14. The zero-order chi connectivity index (χ0) is 11.8. The second-order valence-corrected chi connectivity index (χ2v) is 4.27. The molecule has 1 fully saturated rings. The summed E-state index contributed by atoms with van der Waals surface area (Å²) >= 11 is 0. The molecule has 3 N–H and O–H groups in total. The molecule has 0 aromatic carbocycles. The third-order valence-electron chi connectivity index (χ3n) is 2.97. The van der Waals surface area contributed by atoms with Crippen LogP contribution >= 0.6 is 0 Å². The Morgan fingerprint density at radius 1 is 1.41 bits per heavy atom. The average Bonchev–Trinajstić information content (AvgIpc) is 3.05. The number of nitrogens with one attached hydrogen (secondary N) is 1. The van der Waals surface area contributed by atoms with Gasteiger partial charge in [-0.15, -0.1) is 0 Å². The summed E-state index contributed by atoms with van der Waals surface area (Å²) in [4.78, 5) is 13.1. The topological polar surface area (TPSA) is 81.6 Å². The van der Waals surface area contributed by atoms with Gasteiger partial charge in [0.25, 0.3) is 0 Å². The fourth-order valence-electron chi connectivity index (χ4n) is 1.82. The Kier molecular flexibility index (Phi) is 2.29. The molecule has 88 valence electrons. The minimum atomic E-state index is 0.491. The first kappa shape index (κ1) is 10.2. The molecule has 3 rings (SSSR count). The number of aromatic nitrogens is 4. The van der Waals surface area contributed by atoms with Crippen LogP contribution in [0.2, 0.25) is 0 Å². The van der Waals surface area contributed by atoms with Gasteiger partial charge in [0.2, 0.25) is 0 Å². The molecule has 17 heavy (non-hydrogen) atoms. The van der Waals surface area contributed by atoms with E-state index < -0.39 is 0 Å². The maximum Gasteiger partial charge on any atom is 0.148 e. The number of nitrogen functional groups attached to an aromatic ring is 1. The third kappa shape index (κ3) is 1.76. The summed E-state index contributed by atoms with van der Waals surface area (Å²) in [5.41, 5.74) is 3.56. The normalized spacial score (nSPS) is 14.9. The lowest BCUT2D eigenvalue weighted by atomic mass is 10.3. The van der Waals surface area contributed by atoms with Crippen molar-refractivity contribution in [2.45, 2.75) is 25.7 Å². The first-order valence-electron chi connectivity index (χ1n) is 5.63. The highest BCUT2D eigenvalue weighted by Crippen LogP contribution is 2.39. The molecule has 6 nitrogen and oxygen atoms in total. The van der Waals surface area contributed by atoms with Gasteiger partial charge < -0.3 is 5.43 Å². The SMILES string of the molecule is Cc1c(NN)nc(C2CC2)nc1-n1ccnc1. The molecule has 0 atom stereocenters. The molecule has 2 aromatic heterocycles. The van der Waals surface area contributed by atoms with Gasteiger partial charge in [0.15, 0.2) is 0 Å².